The first-order valence-electron chi connectivity index (χ1n) is 7.55. The van der Waals surface area contributed by atoms with Gasteiger partial charge in [0, 0.05) is 6.26 Å². The fraction of sp³-hybridized carbons (Fsp3) is 0.353. The van der Waals surface area contributed by atoms with Gasteiger partial charge in [0.05, 0.1) is 10.9 Å². The second-order valence-corrected chi connectivity index (χ2v) is 9.34. The van der Waals surface area contributed by atoms with Gasteiger partial charge < -0.3 is 5.32 Å². The Labute approximate surface area is 140 Å². The topological polar surface area (TPSA) is 63.2 Å². The van der Waals surface area contributed by atoms with Crippen molar-refractivity contribution in [1.82, 2.24) is 5.32 Å². The number of sulfone groups is 1. The molecule has 6 heteroatoms. The maximum atomic E-state index is 12.4. The highest BCUT2D eigenvalue weighted by atomic mass is 32.2. The van der Waals surface area contributed by atoms with Crippen molar-refractivity contribution in [2.75, 3.05) is 6.26 Å². The summed E-state index contributed by atoms with van der Waals surface area (Å²) < 4.78 is 23.3. The second kappa shape index (κ2) is 6.09. The Morgan fingerprint density at radius 3 is 2.74 bits per heavy atom. The van der Waals surface area contributed by atoms with Crippen molar-refractivity contribution < 1.29 is 13.2 Å². The summed E-state index contributed by atoms with van der Waals surface area (Å²) in [7, 11) is -3.26. The van der Waals surface area contributed by atoms with Gasteiger partial charge in [-0.15, -0.1) is 11.3 Å². The van der Waals surface area contributed by atoms with Crippen LogP contribution in [0.5, 0.6) is 0 Å². The first kappa shape index (κ1) is 16.2. The van der Waals surface area contributed by atoms with E-state index in [1.807, 2.05) is 0 Å². The molecule has 0 fully saturated rings. The fourth-order valence-corrected chi connectivity index (χ4v) is 4.79. The van der Waals surface area contributed by atoms with Crippen LogP contribution in [0.1, 0.15) is 45.2 Å². The van der Waals surface area contributed by atoms with Gasteiger partial charge in [0.15, 0.2) is 9.84 Å². The molecule has 1 amide bonds. The van der Waals surface area contributed by atoms with Gasteiger partial charge in [0.1, 0.15) is 4.21 Å². The normalized spacial score (nSPS) is 17.6. The summed E-state index contributed by atoms with van der Waals surface area (Å²) in [6.07, 6.45) is 4.15. The van der Waals surface area contributed by atoms with E-state index >= 15 is 0 Å². The molecule has 0 saturated heterocycles. The summed E-state index contributed by atoms with van der Waals surface area (Å²) in [5.41, 5.74) is 3.70. The van der Waals surface area contributed by atoms with Gasteiger partial charge in [-0.1, -0.05) is 23.8 Å². The minimum atomic E-state index is -3.26. The molecule has 1 heterocycles. The first-order chi connectivity index (χ1) is 10.8. The lowest BCUT2D eigenvalue weighted by Gasteiger charge is -2.26. The number of hydrogen-bond acceptors (Lipinski definition) is 4. The third-order valence-corrected chi connectivity index (χ3v) is 6.99. The summed E-state index contributed by atoms with van der Waals surface area (Å²) in [5.74, 6) is -0.205. The molecular weight excluding hydrogens is 330 g/mol. The zero-order valence-electron chi connectivity index (χ0n) is 13.1. The van der Waals surface area contributed by atoms with E-state index in [-0.39, 0.29) is 16.2 Å². The van der Waals surface area contributed by atoms with Crippen LogP contribution in [0.2, 0.25) is 0 Å². The van der Waals surface area contributed by atoms with Crippen LogP contribution in [0.25, 0.3) is 0 Å². The van der Waals surface area contributed by atoms with Crippen molar-refractivity contribution in [2.45, 2.75) is 36.4 Å². The number of carbonyl (C=O) groups excluding carboxylic acids is 1. The zero-order chi connectivity index (χ0) is 16.6. The number of hydrogen-bond donors (Lipinski definition) is 1. The van der Waals surface area contributed by atoms with Crippen LogP contribution >= 0.6 is 11.3 Å². The van der Waals surface area contributed by atoms with Gasteiger partial charge in [0.2, 0.25) is 0 Å². The van der Waals surface area contributed by atoms with E-state index in [2.05, 4.69) is 30.4 Å². The Morgan fingerprint density at radius 1 is 1.26 bits per heavy atom. The van der Waals surface area contributed by atoms with Crippen LogP contribution in [0.4, 0.5) is 0 Å². The molecule has 0 saturated carbocycles. The van der Waals surface area contributed by atoms with E-state index in [0.717, 1.165) is 36.9 Å². The van der Waals surface area contributed by atoms with E-state index in [4.69, 9.17) is 0 Å². The SMILES string of the molecule is Cc1ccc2c(c1)CCC[C@@H]2NC(=O)c1ccc(S(C)(=O)=O)s1. The Hall–Kier alpha value is -1.66. The maximum absolute atomic E-state index is 12.4. The number of carbonyl (C=O) groups is 1. The van der Waals surface area contributed by atoms with Crippen LogP contribution in [-0.4, -0.2) is 20.6 Å². The van der Waals surface area contributed by atoms with Gasteiger partial charge in [-0.25, -0.2) is 8.42 Å². The van der Waals surface area contributed by atoms with Crippen molar-refractivity contribution in [2.24, 2.45) is 0 Å². The molecule has 1 aliphatic carbocycles. The molecule has 0 aliphatic heterocycles. The van der Waals surface area contributed by atoms with Crippen molar-refractivity contribution in [3.05, 3.63) is 51.9 Å². The number of rotatable bonds is 3. The van der Waals surface area contributed by atoms with Gasteiger partial charge in [-0.05, 0) is 49.4 Å². The van der Waals surface area contributed by atoms with Crippen LogP contribution in [0.15, 0.2) is 34.5 Å². The number of fused-ring (bicyclic) bond motifs is 1. The lowest BCUT2D eigenvalue weighted by atomic mass is 9.86. The third-order valence-electron chi connectivity index (χ3n) is 4.09. The van der Waals surface area contributed by atoms with Crippen molar-refractivity contribution in [3.8, 4) is 0 Å². The summed E-state index contributed by atoms with van der Waals surface area (Å²) >= 11 is 1.02. The van der Waals surface area contributed by atoms with Crippen molar-refractivity contribution >= 4 is 27.1 Å². The summed E-state index contributed by atoms with van der Waals surface area (Å²) in [6.45, 7) is 2.07. The Balaban J connectivity index is 1.81. The lowest BCUT2D eigenvalue weighted by Crippen LogP contribution is -2.30. The summed E-state index contributed by atoms with van der Waals surface area (Å²) in [6, 6.07) is 9.40. The summed E-state index contributed by atoms with van der Waals surface area (Å²) in [5, 5.41) is 3.05. The average Bonchev–Trinajstić information content (AvgIpc) is 2.97. The number of aryl methyl sites for hydroxylation is 2. The molecule has 1 N–H and O–H groups in total. The Morgan fingerprint density at radius 2 is 2.04 bits per heavy atom. The van der Waals surface area contributed by atoms with Gasteiger partial charge in [-0.3, -0.25) is 4.79 Å². The van der Waals surface area contributed by atoms with E-state index in [1.165, 1.54) is 22.8 Å². The minimum absolute atomic E-state index is 0.00404. The zero-order valence-corrected chi connectivity index (χ0v) is 14.8. The molecule has 3 rings (SSSR count). The molecular formula is C17H19NO3S2. The third kappa shape index (κ3) is 3.48. The maximum Gasteiger partial charge on any atom is 0.261 e. The molecule has 0 bridgehead atoms. The van der Waals surface area contributed by atoms with Crippen molar-refractivity contribution in [3.63, 3.8) is 0 Å². The predicted molar refractivity (Wildman–Crippen MR) is 91.8 cm³/mol. The smallest absolute Gasteiger partial charge is 0.261 e. The van der Waals surface area contributed by atoms with E-state index in [1.54, 1.807) is 6.07 Å². The van der Waals surface area contributed by atoms with E-state index in [0.29, 0.717) is 4.88 Å². The summed E-state index contributed by atoms with van der Waals surface area (Å²) in [4.78, 5) is 12.9. The van der Waals surface area contributed by atoms with Crippen LogP contribution in [0, 0.1) is 6.92 Å². The lowest BCUT2D eigenvalue weighted by molar-refractivity contribution is 0.0937. The van der Waals surface area contributed by atoms with Crippen molar-refractivity contribution in [1.29, 1.82) is 0 Å². The molecule has 1 aliphatic rings. The van der Waals surface area contributed by atoms with Crippen LogP contribution in [0.3, 0.4) is 0 Å². The molecule has 23 heavy (non-hydrogen) atoms. The molecule has 2 aromatic rings. The molecule has 0 radical (unpaired) electrons. The van der Waals surface area contributed by atoms with E-state index < -0.39 is 9.84 Å². The fourth-order valence-electron chi connectivity index (χ4n) is 2.96. The monoisotopic (exact) mass is 349 g/mol. The standard InChI is InChI=1S/C17H19NO3S2/c1-11-6-7-13-12(10-11)4-3-5-14(13)18-17(19)15-8-9-16(22-15)23(2,20)21/h6-10,14H,3-5H2,1-2H3,(H,18,19)/t14-/m0/s1. The Bertz CT molecular complexity index is 852. The molecule has 1 atom stereocenters. The molecule has 1 aromatic heterocycles. The predicted octanol–water partition coefficient (Wildman–Crippen LogP) is 3.27. The highest BCUT2D eigenvalue weighted by Crippen LogP contribution is 2.31. The number of benzene rings is 1. The minimum Gasteiger partial charge on any atom is -0.345 e. The van der Waals surface area contributed by atoms with Gasteiger partial charge in [0.25, 0.3) is 5.91 Å². The number of nitrogens with one attached hydrogen (secondary N) is 1. The molecule has 122 valence electrons. The highest BCUT2D eigenvalue weighted by Gasteiger charge is 2.23. The van der Waals surface area contributed by atoms with Gasteiger partial charge in [-0.2, -0.15) is 0 Å². The molecule has 0 unspecified atom stereocenters. The molecule has 0 spiro atoms. The van der Waals surface area contributed by atoms with Gasteiger partial charge >= 0.3 is 0 Å². The number of thiophene rings is 1. The molecule has 1 aromatic carbocycles. The highest BCUT2D eigenvalue weighted by molar-refractivity contribution is 7.92. The Kier molecular flexibility index (Phi) is 4.29. The first-order valence-corrected chi connectivity index (χ1v) is 10.3. The van der Waals surface area contributed by atoms with Crippen LogP contribution in [-0.2, 0) is 16.3 Å². The number of amides is 1. The molecule has 4 nitrogen and oxygen atoms in total. The van der Waals surface area contributed by atoms with Crippen LogP contribution < -0.4 is 5.32 Å². The largest absolute Gasteiger partial charge is 0.345 e. The van der Waals surface area contributed by atoms with E-state index in [9.17, 15) is 13.2 Å². The second-order valence-electron chi connectivity index (χ2n) is 6.01. The average molecular weight is 349 g/mol. The quantitative estimate of drug-likeness (QED) is 0.925.